The average molecular weight is 415 g/mol. The molecule has 0 radical (unpaired) electrons. The molecule has 0 aliphatic carbocycles. The van der Waals surface area contributed by atoms with Crippen LogP contribution in [0, 0.1) is 17.0 Å². The second-order valence-electron chi connectivity index (χ2n) is 6.87. The van der Waals surface area contributed by atoms with Gasteiger partial charge in [0.25, 0.3) is 11.2 Å². The first-order valence-electron chi connectivity index (χ1n) is 9.43. The number of hydrogen-bond acceptors (Lipinski definition) is 6. The highest BCUT2D eigenvalue weighted by atomic mass is 16.6. The van der Waals surface area contributed by atoms with Crippen molar-refractivity contribution in [3.8, 4) is 5.69 Å². The van der Waals surface area contributed by atoms with E-state index in [0.29, 0.717) is 33.5 Å². The molecule has 0 spiro atoms. The van der Waals surface area contributed by atoms with E-state index in [1.54, 1.807) is 55.5 Å². The Hall–Kier alpha value is -4.33. The minimum absolute atomic E-state index is 0.0669. The predicted molar refractivity (Wildman–Crippen MR) is 114 cm³/mol. The molecular formula is C23H17N3O5. The molecule has 1 heterocycles. The van der Waals surface area contributed by atoms with Gasteiger partial charge in [-0.05, 0) is 48.9 Å². The number of ether oxygens (including phenoxy) is 1. The fourth-order valence-electron chi connectivity index (χ4n) is 3.29. The maximum absolute atomic E-state index is 12.9. The van der Waals surface area contributed by atoms with Crippen LogP contribution in [0.1, 0.15) is 21.7 Å². The van der Waals surface area contributed by atoms with Crippen LogP contribution < -0.4 is 5.56 Å². The summed E-state index contributed by atoms with van der Waals surface area (Å²) in [5.41, 5.74) is 1.77. The zero-order valence-corrected chi connectivity index (χ0v) is 16.5. The first kappa shape index (κ1) is 20.0. The Balaban J connectivity index is 1.54. The fraction of sp³-hybridized carbons (Fsp3) is 0.0870. The monoisotopic (exact) mass is 415 g/mol. The number of nitro benzene ring substituents is 1. The van der Waals surface area contributed by atoms with Crippen molar-refractivity contribution in [1.29, 1.82) is 0 Å². The lowest BCUT2D eigenvalue weighted by atomic mass is 10.2. The molecular weight excluding hydrogens is 398 g/mol. The molecule has 4 aromatic rings. The quantitative estimate of drug-likeness (QED) is 0.278. The lowest BCUT2D eigenvalue weighted by Gasteiger charge is -2.11. The molecule has 0 atom stereocenters. The molecule has 1 aromatic heterocycles. The molecule has 0 saturated carbocycles. The predicted octanol–water partition coefficient (Wildman–Crippen LogP) is 3.96. The number of rotatable bonds is 5. The van der Waals surface area contributed by atoms with Gasteiger partial charge in [0.15, 0.2) is 0 Å². The number of hydrogen-bond donors (Lipinski definition) is 0. The van der Waals surface area contributed by atoms with Crippen molar-refractivity contribution in [2.45, 2.75) is 13.5 Å². The van der Waals surface area contributed by atoms with E-state index in [0.717, 1.165) is 0 Å². The van der Waals surface area contributed by atoms with Crippen LogP contribution in [0.15, 0.2) is 77.6 Å². The number of carbonyl (C=O) groups excluding carboxylic acids is 1. The highest BCUT2D eigenvalue weighted by Crippen LogP contribution is 2.16. The molecule has 0 aliphatic heterocycles. The van der Waals surface area contributed by atoms with Crippen LogP contribution in [0.2, 0.25) is 0 Å². The molecule has 31 heavy (non-hydrogen) atoms. The summed E-state index contributed by atoms with van der Waals surface area (Å²) in [6.45, 7) is 1.66. The van der Waals surface area contributed by atoms with Crippen molar-refractivity contribution in [3.05, 3.63) is 110 Å². The van der Waals surface area contributed by atoms with Gasteiger partial charge in [-0.25, -0.2) is 9.78 Å². The van der Waals surface area contributed by atoms with Crippen molar-refractivity contribution < 1.29 is 14.5 Å². The largest absolute Gasteiger partial charge is 0.457 e. The lowest BCUT2D eigenvalue weighted by Crippen LogP contribution is -2.22. The van der Waals surface area contributed by atoms with Gasteiger partial charge in [-0.2, -0.15) is 0 Å². The number of fused-ring (bicyclic) bond motifs is 1. The summed E-state index contributed by atoms with van der Waals surface area (Å²) in [5, 5.41) is 11.4. The minimum Gasteiger partial charge on any atom is -0.457 e. The van der Waals surface area contributed by atoms with Gasteiger partial charge in [0.05, 0.1) is 27.1 Å². The average Bonchev–Trinajstić information content (AvgIpc) is 2.78. The Labute approximate surface area is 176 Å². The molecule has 0 saturated heterocycles. The van der Waals surface area contributed by atoms with E-state index in [-0.39, 0.29) is 17.9 Å². The number of esters is 1. The molecule has 0 bridgehead atoms. The van der Waals surface area contributed by atoms with Crippen LogP contribution in [0.25, 0.3) is 16.6 Å². The van der Waals surface area contributed by atoms with Gasteiger partial charge in [0.1, 0.15) is 12.4 Å². The molecule has 8 nitrogen and oxygen atoms in total. The summed E-state index contributed by atoms with van der Waals surface area (Å²) in [6.07, 6.45) is 0. The van der Waals surface area contributed by atoms with Gasteiger partial charge < -0.3 is 4.74 Å². The maximum Gasteiger partial charge on any atom is 0.338 e. The van der Waals surface area contributed by atoms with Crippen LogP contribution in [0.5, 0.6) is 0 Å². The van der Waals surface area contributed by atoms with E-state index >= 15 is 0 Å². The first-order chi connectivity index (χ1) is 14.9. The number of aromatic nitrogens is 2. The van der Waals surface area contributed by atoms with Gasteiger partial charge in [0.2, 0.25) is 0 Å². The Morgan fingerprint density at radius 2 is 1.81 bits per heavy atom. The number of nitrogens with zero attached hydrogens (tertiary/aromatic N) is 3. The van der Waals surface area contributed by atoms with Crippen LogP contribution in [-0.2, 0) is 11.3 Å². The van der Waals surface area contributed by atoms with Gasteiger partial charge in [-0.1, -0.05) is 24.3 Å². The third-order valence-corrected chi connectivity index (χ3v) is 4.80. The molecule has 0 amide bonds. The molecule has 0 aliphatic rings. The zero-order chi connectivity index (χ0) is 22.0. The Morgan fingerprint density at radius 3 is 2.55 bits per heavy atom. The number of non-ortho nitro benzene ring substituents is 1. The Kier molecular flexibility index (Phi) is 5.28. The second-order valence-corrected chi connectivity index (χ2v) is 6.87. The smallest absolute Gasteiger partial charge is 0.338 e. The number of carbonyl (C=O) groups is 1. The van der Waals surface area contributed by atoms with Crippen molar-refractivity contribution in [2.75, 3.05) is 0 Å². The Morgan fingerprint density at radius 1 is 1.06 bits per heavy atom. The van der Waals surface area contributed by atoms with Crippen molar-refractivity contribution in [1.82, 2.24) is 9.55 Å². The van der Waals surface area contributed by atoms with Crippen molar-refractivity contribution in [3.63, 3.8) is 0 Å². The number of nitro groups is 1. The molecule has 4 rings (SSSR count). The minimum atomic E-state index is -0.571. The van der Waals surface area contributed by atoms with E-state index < -0.39 is 10.9 Å². The molecule has 0 N–H and O–H groups in total. The molecule has 3 aromatic carbocycles. The fourth-order valence-corrected chi connectivity index (χ4v) is 3.29. The van der Waals surface area contributed by atoms with Crippen LogP contribution >= 0.6 is 0 Å². The van der Waals surface area contributed by atoms with Gasteiger partial charge >= 0.3 is 5.97 Å². The summed E-state index contributed by atoms with van der Waals surface area (Å²) >= 11 is 0. The summed E-state index contributed by atoms with van der Waals surface area (Å²) in [6, 6.07) is 19.4. The molecule has 154 valence electrons. The molecule has 0 unspecified atom stereocenters. The van der Waals surface area contributed by atoms with E-state index in [9.17, 15) is 19.7 Å². The summed E-state index contributed by atoms with van der Waals surface area (Å²) in [7, 11) is 0. The van der Waals surface area contributed by atoms with Gasteiger partial charge in [-0.15, -0.1) is 0 Å². The molecule has 0 fully saturated rings. The summed E-state index contributed by atoms with van der Waals surface area (Å²) in [5.74, 6) is -0.0385. The first-order valence-corrected chi connectivity index (χ1v) is 9.43. The zero-order valence-electron chi connectivity index (χ0n) is 16.5. The third-order valence-electron chi connectivity index (χ3n) is 4.80. The maximum atomic E-state index is 12.9. The highest BCUT2D eigenvalue weighted by molar-refractivity contribution is 5.89. The van der Waals surface area contributed by atoms with Crippen molar-refractivity contribution >= 4 is 22.6 Å². The number of benzene rings is 3. The lowest BCUT2D eigenvalue weighted by molar-refractivity contribution is -0.384. The molecule has 8 heteroatoms. The summed E-state index contributed by atoms with van der Waals surface area (Å²) in [4.78, 5) is 40.1. The van der Waals surface area contributed by atoms with E-state index in [2.05, 4.69) is 4.98 Å². The van der Waals surface area contributed by atoms with Crippen LogP contribution in [0.3, 0.4) is 0 Å². The normalized spacial score (nSPS) is 10.7. The SMILES string of the molecule is Cc1nc2ccccc2c(=O)n1-c1ccc(C(=O)OCc2cccc([N+](=O)[O-])c2)cc1. The highest BCUT2D eigenvalue weighted by Gasteiger charge is 2.13. The van der Waals surface area contributed by atoms with Gasteiger partial charge in [-0.3, -0.25) is 19.5 Å². The van der Waals surface area contributed by atoms with E-state index in [1.165, 1.54) is 22.8 Å². The van der Waals surface area contributed by atoms with Gasteiger partial charge in [0, 0.05) is 12.1 Å². The topological polar surface area (TPSA) is 104 Å². The van der Waals surface area contributed by atoms with Crippen LogP contribution in [0.4, 0.5) is 5.69 Å². The summed E-state index contributed by atoms with van der Waals surface area (Å²) < 4.78 is 6.74. The standard InChI is InChI=1S/C23H17N3O5/c1-15-24-21-8-3-2-7-20(21)22(27)25(15)18-11-9-17(10-12-18)23(28)31-14-16-5-4-6-19(13-16)26(29)30/h2-13H,14H2,1H3. The van der Waals surface area contributed by atoms with E-state index in [4.69, 9.17) is 4.74 Å². The second kappa shape index (κ2) is 8.19. The number of aryl methyl sites for hydroxylation is 1. The van der Waals surface area contributed by atoms with Crippen molar-refractivity contribution in [2.24, 2.45) is 0 Å². The third kappa shape index (κ3) is 4.04. The van der Waals surface area contributed by atoms with E-state index in [1.807, 2.05) is 6.07 Å². The Bertz CT molecular complexity index is 1360. The number of para-hydroxylation sites is 1. The van der Waals surface area contributed by atoms with Crippen LogP contribution in [-0.4, -0.2) is 20.4 Å².